The van der Waals surface area contributed by atoms with Gasteiger partial charge in [-0.25, -0.2) is 27.9 Å². The Morgan fingerprint density at radius 1 is 1.12 bits per heavy atom. The molecule has 0 aliphatic heterocycles. The van der Waals surface area contributed by atoms with Crippen LogP contribution >= 0.6 is 11.3 Å². The van der Waals surface area contributed by atoms with E-state index in [1.807, 2.05) is 48.9 Å². The molecule has 4 rings (SSSR count). The van der Waals surface area contributed by atoms with E-state index in [0.29, 0.717) is 13.0 Å². The van der Waals surface area contributed by atoms with E-state index in [2.05, 4.69) is 16.8 Å². The van der Waals surface area contributed by atoms with Gasteiger partial charge < -0.3 is 5.32 Å². The Morgan fingerprint density at radius 2 is 1.88 bits per heavy atom. The highest BCUT2D eigenvalue weighted by molar-refractivity contribution is 7.92. The normalized spacial score (nSPS) is 11.6. The predicted octanol–water partition coefficient (Wildman–Crippen LogP) is 3.89. The third-order valence-electron chi connectivity index (χ3n) is 5.20. The number of aryl methyl sites for hydroxylation is 3. The van der Waals surface area contributed by atoms with Crippen LogP contribution in [0.2, 0.25) is 0 Å². The summed E-state index contributed by atoms with van der Waals surface area (Å²) in [7, 11) is -3.83. The fraction of sp³-hybridized carbons (Fsp3) is 0.261. The molecule has 0 saturated carbocycles. The molecule has 0 atom stereocenters. The van der Waals surface area contributed by atoms with Crippen LogP contribution in [0, 0.1) is 13.8 Å². The summed E-state index contributed by atoms with van der Waals surface area (Å²) in [6, 6.07) is 12.4. The minimum absolute atomic E-state index is 0.103. The molecular formula is C23H25N5O3S2. The fourth-order valence-electron chi connectivity index (χ4n) is 3.67. The maximum atomic E-state index is 12.1. The molecule has 0 saturated heterocycles. The summed E-state index contributed by atoms with van der Waals surface area (Å²) in [6.07, 6.45) is 1.35. The number of imidazole rings is 1. The molecule has 2 N–H and O–H groups in total. The van der Waals surface area contributed by atoms with Crippen LogP contribution in [-0.2, 0) is 22.9 Å². The quantitative estimate of drug-likeness (QED) is 0.415. The summed E-state index contributed by atoms with van der Waals surface area (Å²) in [5.74, 6) is 0.948. The molecule has 0 fully saturated rings. The number of hydrogen-bond donors (Lipinski definition) is 2. The average molecular weight is 484 g/mol. The number of rotatable bonds is 7. The summed E-state index contributed by atoms with van der Waals surface area (Å²) in [5, 5.41) is 4.24. The van der Waals surface area contributed by atoms with Gasteiger partial charge in [0.15, 0.2) is 5.65 Å². The number of carbonyl (C=O) groups excluding carboxylic acids is 1. The number of carbonyl (C=O) groups is 1. The van der Waals surface area contributed by atoms with Gasteiger partial charge in [-0.05, 0) is 61.0 Å². The van der Waals surface area contributed by atoms with Crippen LogP contribution in [0.3, 0.4) is 0 Å². The zero-order valence-electron chi connectivity index (χ0n) is 18.6. The Balaban J connectivity index is 1.43. The lowest BCUT2D eigenvalue weighted by Crippen LogP contribution is -2.39. The number of hydrogen-bond acceptors (Lipinski definition) is 6. The van der Waals surface area contributed by atoms with E-state index in [-0.39, 0.29) is 4.21 Å². The molecule has 4 aromatic rings. The second-order valence-electron chi connectivity index (χ2n) is 7.68. The van der Waals surface area contributed by atoms with E-state index in [1.54, 1.807) is 11.4 Å². The van der Waals surface area contributed by atoms with Gasteiger partial charge in [0.1, 0.15) is 15.6 Å². The number of amides is 2. The molecule has 0 bridgehead atoms. The van der Waals surface area contributed by atoms with Crippen molar-refractivity contribution in [1.82, 2.24) is 24.6 Å². The van der Waals surface area contributed by atoms with E-state index < -0.39 is 16.1 Å². The molecule has 8 nitrogen and oxygen atoms in total. The van der Waals surface area contributed by atoms with Crippen molar-refractivity contribution < 1.29 is 13.2 Å². The smallest absolute Gasteiger partial charge is 0.328 e. The number of fused-ring (bicyclic) bond motifs is 1. The third kappa shape index (κ3) is 4.91. The summed E-state index contributed by atoms with van der Waals surface area (Å²) < 4.78 is 28.4. The number of nitrogens with zero attached hydrogens (tertiary/aromatic N) is 3. The molecule has 0 unspecified atom stereocenters. The summed E-state index contributed by atoms with van der Waals surface area (Å²) in [6.45, 7) is 6.40. The number of aromatic nitrogens is 3. The monoisotopic (exact) mass is 483 g/mol. The van der Waals surface area contributed by atoms with Gasteiger partial charge in [0.05, 0.1) is 0 Å². The Kier molecular flexibility index (Phi) is 6.48. The van der Waals surface area contributed by atoms with E-state index >= 15 is 0 Å². The highest BCUT2D eigenvalue weighted by atomic mass is 32.2. The van der Waals surface area contributed by atoms with Crippen LogP contribution < -0.4 is 10.0 Å². The molecule has 1 aromatic carbocycles. The second kappa shape index (κ2) is 9.32. The lowest BCUT2D eigenvalue weighted by atomic mass is 10.1. The van der Waals surface area contributed by atoms with E-state index in [0.717, 1.165) is 57.3 Å². The van der Waals surface area contributed by atoms with Gasteiger partial charge in [-0.15, -0.1) is 11.3 Å². The number of benzene rings is 1. The van der Waals surface area contributed by atoms with Crippen LogP contribution in [0.5, 0.6) is 0 Å². The van der Waals surface area contributed by atoms with Crippen molar-refractivity contribution in [2.24, 2.45) is 0 Å². The number of nitrogens with one attached hydrogen (secondary N) is 2. The molecule has 2 amide bonds. The predicted molar refractivity (Wildman–Crippen MR) is 129 cm³/mol. The molecule has 0 aliphatic rings. The lowest BCUT2D eigenvalue weighted by Gasteiger charge is -2.10. The highest BCUT2D eigenvalue weighted by Crippen LogP contribution is 2.24. The van der Waals surface area contributed by atoms with Crippen LogP contribution in [0.15, 0.2) is 52.1 Å². The van der Waals surface area contributed by atoms with E-state index in [1.165, 1.54) is 6.07 Å². The van der Waals surface area contributed by atoms with Gasteiger partial charge in [0, 0.05) is 24.3 Å². The molecule has 172 valence electrons. The van der Waals surface area contributed by atoms with Crippen LogP contribution in [0.25, 0.3) is 16.9 Å². The first-order valence-electron chi connectivity index (χ1n) is 10.6. The maximum Gasteiger partial charge on any atom is 0.328 e. The van der Waals surface area contributed by atoms with Gasteiger partial charge >= 0.3 is 6.03 Å². The SMILES string of the molecule is CCc1nc2c(C)cc(C)nc2n1-c1ccc(CCNC(=O)NS(=O)(=O)c2cccs2)cc1. The molecule has 33 heavy (non-hydrogen) atoms. The Morgan fingerprint density at radius 3 is 2.55 bits per heavy atom. The van der Waals surface area contributed by atoms with E-state index in [4.69, 9.17) is 9.97 Å². The number of pyridine rings is 1. The van der Waals surface area contributed by atoms with Crippen molar-refractivity contribution in [3.63, 3.8) is 0 Å². The van der Waals surface area contributed by atoms with Gasteiger partial charge in [-0.3, -0.25) is 4.57 Å². The first-order valence-corrected chi connectivity index (χ1v) is 12.9. The third-order valence-corrected chi connectivity index (χ3v) is 7.93. The second-order valence-corrected chi connectivity index (χ2v) is 10.5. The largest absolute Gasteiger partial charge is 0.337 e. The molecule has 3 aromatic heterocycles. The van der Waals surface area contributed by atoms with Crippen molar-refractivity contribution in [2.45, 2.75) is 37.8 Å². The molecule has 0 spiro atoms. The number of urea groups is 1. The first kappa shape index (κ1) is 22.9. The van der Waals surface area contributed by atoms with Crippen LogP contribution in [0.4, 0.5) is 4.79 Å². The number of thiophene rings is 1. The van der Waals surface area contributed by atoms with Gasteiger partial charge in [-0.2, -0.15) is 0 Å². The summed E-state index contributed by atoms with van der Waals surface area (Å²) in [5.41, 5.74) is 5.81. The van der Waals surface area contributed by atoms with Crippen molar-refractivity contribution in [3.8, 4) is 5.69 Å². The minimum atomic E-state index is -3.83. The van der Waals surface area contributed by atoms with Crippen molar-refractivity contribution in [3.05, 3.63) is 70.5 Å². The van der Waals surface area contributed by atoms with Crippen molar-refractivity contribution in [2.75, 3.05) is 6.54 Å². The molecular weight excluding hydrogens is 458 g/mol. The van der Waals surface area contributed by atoms with Gasteiger partial charge in [-0.1, -0.05) is 25.1 Å². The lowest BCUT2D eigenvalue weighted by molar-refractivity contribution is 0.246. The molecule has 0 radical (unpaired) electrons. The zero-order valence-corrected chi connectivity index (χ0v) is 20.3. The van der Waals surface area contributed by atoms with Crippen LogP contribution in [0.1, 0.15) is 29.6 Å². The molecule has 0 aliphatic carbocycles. The Bertz CT molecular complexity index is 1390. The fourth-order valence-corrected chi connectivity index (χ4v) is 5.59. The minimum Gasteiger partial charge on any atom is -0.337 e. The maximum absolute atomic E-state index is 12.1. The zero-order chi connectivity index (χ0) is 23.6. The van der Waals surface area contributed by atoms with Gasteiger partial charge in [0.2, 0.25) is 0 Å². The first-order chi connectivity index (χ1) is 15.8. The molecule has 3 heterocycles. The summed E-state index contributed by atoms with van der Waals surface area (Å²) in [4.78, 5) is 21.5. The standard InChI is InChI=1S/C23H25N5O3S2/c1-4-19-26-21-15(2)14-16(3)25-22(21)28(19)18-9-7-17(8-10-18)11-12-24-23(29)27-33(30,31)20-6-5-13-32-20/h5-10,13-14H,4,11-12H2,1-3H3,(H2,24,27,29). The average Bonchev–Trinajstić information content (AvgIpc) is 3.43. The van der Waals surface area contributed by atoms with E-state index in [9.17, 15) is 13.2 Å². The molecule has 10 heteroatoms. The van der Waals surface area contributed by atoms with Gasteiger partial charge in [0.25, 0.3) is 10.0 Å². The number of sulfonamides is 1. The topological polar surface area (TPSA) is 106 Å². The van der Waals surface area contributed by atoms with Crippen molar-refractivity contribution in [1.29, 1.82) is 0 Å². The Labute approximate surface area is 196 Å². The van der Waals surface area contributed by atoms with Crippen LogP contribution in [-0.4, -0.2) is 35.5 Å². The van der Waals surface area contributed by atoms with Crippen molar-refractivity contribution >= 4 is 38.6 Å². The summed E-state index contributed by atoms with van der Waals surface area (Å²) >= 11 is 1.06. The highest BCUT2D eigenvalue weighted by Gasteiger charge is 2.18. The Hall–Kier alpha value is -3.24.